The van der Waals surface area contributed by atoms with E-state index in [0.717, 1.165) is 58.1 Å². The first-order valence-electron chi connectivity index (χ1n) is 10.8. The first-order chi connectivity index (χ1) is 13.8. The summed E-state index contributed by atoms with van der Waals surface area (Å²) in [5.74, 6) is 1.04. The van der Waals surface area contributed by atoms with Crippen molar-refractivity contribution in [3.8, 4) is 0 Å². The Kier molecular flexibility index (Phi) is 8.38. The normalized spacial score (nSPS) is 22.7. The van der Waals surface area contributed by atoms with E-state index < -0.39 is 0 Å². The summed E-state index contributed by atoms with van der Waals surface area (Å²) in [4.78, 5) is 9.69. The van der Waals surface area contributed by atoms with Gasteiger partial charge in [0, 0.05) is 45.4 Å². The molecule has 1 N–H and O–H groups in total. The molecule has 3 heterocycles. The topological polar surface area (TPSA) is 40.1 Å². The highest BCUT2D eigenvalue weighted by molar-refractivity contribution is 14.0. The van der Waals surface area contributed by atoms with Crippen LogP contribution < -0.4 is 5.32 Å². The van der Waals surface area contributed by atoms with Crippen LogP contribution in [0.5, 0.6) is 0 Å². The van der Waals surface area contributed by atoms with E-state index in [9.17, 15) is 0 Å². The molecule has 1 aromatic rings. The lowest BCUT2D eigenvalue weighted by Crippen LogP contribution is -2.59. The number of hydrogen-bond donors (Lipinski definition) is 1. The summed E-state index contributed by atoms with van der Waals surface area (Å²) in [6.07, 6.45) is 8.32. The van der Waals surface area contributed by atoms with Crippen LogP contribution in [0.4, 0.5) is 0 Å². The highest BCUT2D eigenvalue weighted by Crippen LogP contribution is 2.31. The number of nitrogens with zero attached hydrogens (tertiary/aromatic N) is 3. The van der Waals surface area contributed by atoms with Crippen molar-refractivity contribution in [3.05, 3.63) is 42.0 Å². The van der Waals surface area contributed by atoms with Gasteiger partial charge >= 0.3 is 0 Å². The maximum atomic E-state index is 5.68. The summed E-state index contributed by atoms with van der Waals surface area (Å²) in [7, 11) is 1.91. The summed E-state index contributed by atoms with van der Waals surface area (Å²) in [5.41, 5.74) is 3.02. The smallest absolute Gasteiger partial charge is 0.194 e. The zero-order chi connectivity index (χ0) is 19.2. The Hall–Kier alpha value is -1.12. The highest BCUT2D eigenvalue weighted by atomic mass is 127. The summed E-state index contributed by atoms with van der Waals surface area (Å²) in [6.45, 7) is 7.12. The van der Waals surface area contributed by atoms with Crippen LogP contribution in [0.3, 0.4) is 0 Å². The SMILES string of the molecule is CN=C(NCC1(N2CCCC2)CCOCC1)N1CC=C(c2ccccc2)CC1.I. The Morgan fingerprint density at radius 2 is 1.83 bits per heavy atom. The zero-order valence-corrected chi connectivity index (χ0v) is 19.9. The molecule has 2 fully saturated rings. The Morgan fingerprint density at radius 1 is 1.10 bits per heavy atom. The molecule has 0 amide bonds. The molecule has 160 valence electrons. The van der Waals surface area contributed by atoms with E-state index >= 15 is 0 Å². The van der Waals surface area contributed by atoms with Crippen LogP contribution in [0.25, 0.3) is 5.57 Å². The van der Waals surface area contributed by atoms with Gasteiger partial charge in [0.05, 0.1) is 0 Å². The molecule has 1 aromatic carbocycles. The third-order valence-electron chi connectivity index (χ3n) is 6.64. The molecule has 0 atom stereocenters. The van der Waals surface area contributed by atoms with Gasteiger partial charge in [-0.1, -0.05) is 36.4 Å². The quantitative estimate of drug-likeness (QED) is 0.382. The van der Waals surface area contributed by atoms with Crippen LogP contribution in [0, 0.1) is 0 Å². The van der Waals surface area contributed by atoms with Crippen LogP contribution in [0.15, 0.2) is 41.4 Å². The van der Waals surface area contributed by atoms with Crippen molar-refractivity contribution in [2.45, 2.75) is 37.6 Å². The molecule has 0 unspecified atom stereocenters. The second-order valence-corrected chi connectivity index (χ2v) is 8.22. The Labute approximate surface area is 192 Å². The van der Waals surface area contributed by atoms with Gasteiger partial charge in [0.15, 0.2) is 5.96 Å². The lowest BCUT2D eigenvalue weighted by atomic mass is 9.88. The average Bonchev–Trinajstić information content (AvgIpc) is 3.32. The fraction of sp³-hybridized carbons (Fsp3) is 0.609. The van der Waals surface area contributed by atoms with Crippen molar-refractivity contribution in [2.75, 3.05) is 53.0 Å². The van der Waals surface area contributed by atoms with E-state index in [1.54, 1.807) is 0 Å². The maximum Gasteiger partial charge on any atom is 0.194 e. The van der Waals surface area contributed by atoms with Gasteiger partial charge in [-0.25, -0.2) is 0 Å². The molecule has 4 rings (SSSR count). The highest BCUT2D eigenvalue weighted by Gasteiger charge is 2.39. The lowest BCUT2D eigenvalue weighted by Gasteiger charge is -2.45. The second-order valence-electron chi connectivity index (χ2n) is 8.22. The van der Waals surface area contributed by atoms with Crippen molar-refractivity contribution < 1.29 is 4.74 Å². The second kappa shape index (κ2) is 10.8. The number of ether oxygens (including phenoxy) is 1. The van der Waals surface area contributed by atoms with Gasteiger partial charge in [-0.3, -0.25) is 9.89 Å². The van der Waals surface area contributed by atoms with Crippen LogP contribution in [0.2, 0.25) is 0 Å². The Bertz CT molecular complexity index is 694. The number of aliphatic imine (C=N–C) groups is 1. The predicted molar refractivity (Wildman–Crippen MR) is 131 cm³/mol. The molecule has 0 aliphatic carbocycles. The van der Waals surface area contributed by atoms with Crippen LogP contribution in [-0.2, 0) is 4.74 Å². The van der Waals surface area contributed by atoms with Gasteiger partial charge in [-0.15, -0.1) is 24.0 Å². The molecule has 0 saturated carbocycles. The molecule has 0 spiro atoms. The molecule has 29 heavy (non-hydrogen) atoms. The molecule has 0 bridgehead atoms. The maximum absolute atomic E-state index is 5.68. The van der Waals surface area contributed by atoms with Gasteiger partial charge < -0.3 is 15.0 Å². The van der Waals surface area contributed by atoms with Gasteiger partial charge in [0.25, 0.3) is 0 Å². The number of nitrogens with one attached hydrogen (secondary N) is 1. The zero-order valence-electron chi connectivity index (χ0n) is 17.6. The van der Waals surface area contributed by atoms with Crippen molar-refractivity contribution >= 4 is 35.5 Å². The summed E-state index contributed by atoms with van der Waals surface area (Å²) < 4.78 is 5.68. The van der Waals surface area contributed by atoms with Crippen molar-refractivity contribution in [1.82, 2.24) is 15.1 Å². The fourth-order valence-corrected chi connectivity index (χ4v) is 4.90. The minimum atomic E-state index is 0. The fourth-order valence-electron chi connectivity index (χ4n) is 4.90. The van der Waals surface area contributed by atoms with E-state index in [0.29, 0.717) is 0 Å². The van der Waals surface area contributed by atoms with Crippen molar-refractivity contribution in [3.63, 3.8) is 0 Å². The molecule has 0 radical (unpaired) electrons. The molecule has 3 aliphatic rings. The molecule has 2 saturated heterocycles. The van der Waals surface area contributed by atoms with E-state index in [1.807, 2.05) is 7.05 Å². The van der Waals surface area contributed by atoms with Gasteiger partial charge in [-0.05, 0) is 56.3 Å². The van der Waals surface area contributed by atoms with E-state index in [4.69, 9.17) is 4.74 Å². The number of likely N-dealkylation sites (tertiary alicyclic amines) is 1. The van der Waals surface area contributed by atoms with E-state index in [-0.39, 0.29) is 29.5 Å². The van der Waals surface area contributed by atoms with E-state index in [2.05, 4.69) is 56.5 Å². The summed E-state index contributed by atoms with van der Waals surface area (Å²) in [6, 6.07) is 10.7. The molecular weight excluding hydrogens is 475 g/mol. The van der Waals surface area contributed by atoms with Crippen LogP contribution in [-0.4, -0.2) is 74.3 Å². The Morgan fingerprint density at radius 3 is 2.45 bits per heavy atom. The number of rotatable bonds is 4. The third kappa shape index (κ3) is 5.33. The monoisotopic (exact) mass is 510 g/mol. The van der Waals surface area contributed by atoms with Gasteiger partial charge in [0.2, 0.25) is 0 Å². The molecule has 5 nitrogen and oxygen atoms in total. The molecular formula is C23H35IN4O. The Balaban J connectivity index is 0.00000240. The summed E-state index contributed by atoms with van der Waals surface area (Å²) >= 11 is 0. The predicted octanol–water partition coefficient (Wildman–Crippen LogP) is 3.61. The van der Waals surface area contributed by atoms with Crippen LogP contribution >= 0.6 is 24.0 Å². The van der Waals surface area contributed by atoms with Gasteiger partial charge in [-0.2, -0.15) is 0 Å². The average molecular weight is 510 g/mol. The van der Waals surface area contributed by atoms with Crippen molar-refractivity contribution in [2.24, 2.45) is 4.99 Å². The number of benzene rings is 1. The van der Waals surface area contributed by atoms with Crippen molar-refractivity contribution in [1.29, 1.82) is 0 Å². The standard InChI is InChI=1S/C23H34N4O.HI/c1-24-22(26-15-9-21(10-16-26)20-7-3-2-4-8-20)25-19-23(11-17-28-18-12-23)27-13-5-6-14-27;/h2-4,7-9H,5-6,10-19H2,1H3,(H,24,25);1H. The molecule has 0 aromatic heterocycles. The number of halogens is 1. The lowest BCUT2D eigenvalue weighted by molar-refractivity contribution is -0.0166. The number of guanidine groups is 1. The van der Waals surface area contributed by atoms with Gasteiger partial charge in [0.1, 0.15) is 0 Å². The minimum absolute atomic E-state index is 0. The molecule has 3 aliphatic heterocycles. The minimum Gasteiger partial charge on any atom is -0.381 e. The molecule has 6 heteroatoms. The largest absolute Gasteiger partial charge is 0.381 e. The van der Waals surface area contributed by atoms with E-state index in [1.165, 1.54) is 37.1 Å². The number of hydrogen-bond acceptors (Lipinski definition) is 3. The van der Waals surface area contributed by atoms with Crippen LogP contribution in [0.1, 0.15) is 37.7 Å². The third-order valence-corrected chi connectivity index (χ3v) is 6.64. The summed E-state index contributed by atoms with van der Waals surface area (Å²) in [5, 5.41) is 3.73. The first-order valence-corrected chi connectivity index (χ1v) is 10.8. The first kappa shape index (κ1) is 22.6.